The van der Waals surface area contributed by atoms with Gasteiger partial charge in [-0.25, -0.2) is 4.79 Å². The first-order valence-electron chi connectivity index (χ1n) is 10.6. The van der Waals surface area contributed by atoms with Gasteiger partial charge in [0.05, 0.1) is 18.6 Å². The van der Waals surface area contributed by atoms with Gasteiger partial charge in [0.2, 0.25) is 0 Å². The number of carbonyl (C=O) groups is 1. The normalized spacial score (nSPS) is 23.9. The third kappa shape index (κ3) is 5.97. The molecule has 0 aliphatic carbocycles. The van der Waals surface area contributed by atoms with E-state index in [-0.39, 0.29) is 13.2 Å². The van der Waals surface area contributed by atoms with Gasteiger partial charge in [0.15, 0.2) is 12.3 Å². The Morgan fingerprint density at radius 2 is 1.88 bits per heavy atom. The summed E-state index contributed by atoms with van der Waals surface area (Å²) in [6, 6.07) is 10.6. The van der Waals surface area contributed by atoms with Crippen LogP contribution < -0.4 is 11.2 Å². The molecule has 1 aromatic heterocycles. The Hall–Kier alpha value is -2.79. The fourth-order valence-corrected chi connectivity index (χ4v) is 3.49. The van der Waals surface area contributed by atoms with E-state index in [0.717, 1.165) is 16.2 Å². The minimum atomic E-state index is -1.14. The van der Waals surface area contributed by atoms with Gasteiger partial charge >= 0.3 is 11.7 Å². The lowest BCUT2D eigenvalue weighted by molar-refractivity contribution is -0.169. The molecule has 3 rings (SSSR count). The summed E-state index contributed by atoms with van der Waals surface area (Å²) in [6.07, 6.45) is -3.93. The van der Waals surface area contributed by atoms with Crippen molar-refractivity contribution in [2.75, 3.05) is 13.7 Å². The second kappa shape index (κ2) is 10.4. The third-order valence-corrected chi connectivity index (χ3v) is 5.26. The molecule has 10 nitrogen and oxygen atoms in total. The van der Waals surface area contributed by atoms with Gasteiger partial charge in [0.25, 0.3) is 5.56 Å². The number of nitrogens with one attached hydrogen (secondary N) is 1. The maximum absolute atomic E-state index is 12.6. The van der Waals surface area contributed by atoms with Gasteiger partial charge < -0.3 is 24.1 Å². The van der Waals surface area contributed by atoms with Gasteiger partial charge in [-0.05, 0) is 26.3 Å². The highest BCUT2D eigenvalue weighted by Crippen LogP contribution is 2.35. The molecule has 2 aromatic rings. The summed E-state index contributed by atoms with van der Waals surface area (Å²) in [7, 11) is 1.40. The van der Waals surface area contributed by atoms with Crippen LogP contribution in [0.25, 0.3) is 0 Å². The van der Waals surface area contributed by atoms with Crippen LogP contribution in [0.15, 0.2) is 52.2 Å². The molecule has 1 aliphatic heterocycles. The van der Waals surface area contributed by atoms with E-state index in [0.29, 0.717) is 0 Å². The van der Waals surface area contributed by atoms with Crippen molar-refractivity contribution in [1.29, 1.82) is 0 Å². The van der Waals surface area contributed by atoms with Gasteiger partial charge in [-0.2, -0.15) is 0 Å². The van der Waals surface area contributed by atoms with Crippen LogP contribution in [0, 0.1) is 5.41 Å². The monoisotopic (exact) mass is 462 g/mol. The third-order valence-electron chi connectivity index (χ3n) is 5.26. The molecular formula is C23H30N2O8. The predicted octanol–water partition coefficient (Wildman–Crippen LogP) is 0.985. The standard InChI is InChI=1S/C23H30N2O8/c1-23(2,3)21(28)33-19-18(30-4)17(15(26)13-31-12-14-8-6-5-7-9-14)32-20(19)25-11-10-16(27)24-22(25)29/h5-11,15,17-20,26H,12-13H2,1-4H3,(H,24,27,29)/t15-,17-,18-,19-,20-/m1/s1. The quantitative estimate of drug-likeness (QED) is 0.556. The Labute approximate surface area is 191 Å². The van der Waals surface area contributed by atoms with Crippen LogP contribution in [0.2, 0.25) is 0 Å². The highest BCUT2D eigenvalue weighted by atomic mass is 16.6. The molecule has 5 atom stereocenters. The van der Waals surface area contributed by atoms with Gasteiger partial charge in [0.1, 0.15) is 18.3 Å². The average Bonchev–Trinajstić information content (AvgIpc) is 3.11. The van der Waals surface area contributed by atoms with E-state index >= 15 is 0 Å². The van der Waals surface area contributed by atoms with Crippen molar-refractivity contribution >= 4 is 5.97 Å². The molecule has 2 N–H and O–H groups in total. The lowest BCUT2D eigenvalue weighted by atomic mass is 9.97. The molecule has 0 radical (unpaired) electrons. The van der Waals surface area contributed by atoms with Gasteiger partial charge in [-0.15, -0.1) is 0 Å². The van der Waals surface area contributed by atoms with Crippen LogP contribution in [-0.4, -0.2) is 58.8 Å². The van der Waals surface area contributed by atoms with Gasteiger partial charge in [0, 0.05) is 19.4 Å². The number of hydrogen-bond acceptors (Lipinski definition) is 8. The molecule has 33 heavy (non-hydrogen) atoms. The van der Waals surface area contributed by atoms with E-state index in [2.05, 4.69) is 4.98 Å². The molecule has 0 bridgehead atoms. The maximum atomic E-state index is 12.6. The van der Waals surface area contributed by atoms with Gasteiger partial charge in [-0.3, -0.25) is 19.1 Å². The number of carbonyl (C=O) groups excluding carboxylic acids is 1. The van der Waals surface area contributed by atoms with E-state index < -0.39 is 53.3 Å². The molecule has 0 unspecified atom stereocenters. The second-order valence-electron chi connectivity index (χ2n) is 8.90. The Balaban J connectivity index is 1.82. The van der Waals surface area contributed by atoms with Crippen LogP contribution >= 0.6 is 0 Å². The second-order valence-corrected chi connectivity index (χ2v) is 8.90. The van der Waals surface area contributed by atoms with Crippen molar-refractivity contribution in [1.82, 2.24) is 9.55 Å². The van der Waals surface area contributed by atoms with Crippen molar-refractivity contribution in [3.8, 4) is 0 Å². The number of aliphatic hydroxyl groups is 1. The van der Waals surface area contributed by atoms with E-state index in [1.807, 2.05) is 30.3 Å². The van der Waals surface area contributed by atoms with Crippen LogP contribution in [0.3, 0.4) is 0 Å². The molecule has 10 heteroatoms. The fraction of sp³-hybridized carbons (Fsp3) is 0.522. The molecule has 180 valence electrons. The average molecular weight is 462 g/mol. The smallest absolute Gasteiger partial charge is 0.330 e. The summed E-state index contributed by atoms with van der Waals surface area (Å²) >= 11 is 0. The number of methoxy groups -OCH3 is 1. The molecule has 0 spiro atoms. The Kier molecular flexibility index (Phi) is 7.85. The summed E-state index contributed by atoms with van der Waals surface area (Å²) in [5, 5.41) is 10.8. The lowest BCUT2D eigenvalue weighted by Gasteiger charge is -2.27. The van der Waals surface area contributed by atoms with Crippen LogP contribution in [0.1, 0.15) is 32.6 Å². The summed E-state index contributed by atoms with van der Waals surface area (Å²) < 4.78 is 23.9. The predicted molar refractivity (Wildman–Crippen MR) is 117 cm³/mol. The SMILES string of the molecule is CO[C@H]1[C@@H](OC(=O)C(C)(C)C)[C@H](n2ccc(=O)[nH]c2=O)O[C@@H]1[C@H](O)COCc1ccccc1. The number of aromatic amines is 1. The summed E-state index contributed by atoms with van der Waals surface area (Å²) in [5.41, 5.74) is -1.20. The topological polar surface area (TPSA) is 129 Å². The van der Waals surface area contributed by atoms with Crippen molar-refractivity contribution < 1.29 is 28.8 Å². The number of aromatic nitrogens is 2. The van der Waals surface area contributed by atoms with E-state index in [1.165, 1.54) is 13.3 Å². The first-order valence-corrected chi connectivity index (χ1v) is 10.6. The summed E-state index contributed by atoms with van der Waals surface area (Å²) in [4.78, 5) is 38.7. The minimum Gasteiger partial charge on any atom is -0.454 e. The fourth-order valence-electron chi connectivity index (χ4n) is 3.49. The molecule has 1 fully saturated rings. The molecule has 0 saturated carbocycles. The maximum Gasteiger partial charge on any atom is 0.330 e. The zero-order valence-corrected chi connectivity index (χ0v) is 19.1. The van der Waals surface area contributed by atoms with Crippen molar-refractivity contribution in [3.05, 3.63) is 69.0 Å². The first kappa shape index (κ1) is 24.8. The molecule has 0 amide bonds. The number of ether oxygens (including phenoxy) is 4. The van der Waals surface area contributed by atoms with Crippen molar-refractivity contribution in [3.63, 3.8) is 0 Å². The van der Waals surface area contributed by atoms with Crippen LogP contribution in [-0.2, 0) is 30.3 Å². The molecule has 2 heterocycles. The van der Waals surface area contributed by atoms with Crippen molar-refractivity contribution in [2.24, 2.45) is 5.41 Å². The van der Waals surface area contributed by atoms with Crippen LogP contribution in [0.4, 0.5) is 0 Å². The summed E-state index contributed by atoms with van der Waals surface area (Å²) in [6.45, 7) is 5.29. The Morgan fingerprint density at radius 1 is 1.18 bits per heavy atom. The number of rotatable bonds is 8. The number of hydrogen-bond donors (Lipinski definition) is 2. The number of nitrogens with zero attached hydrogens (tertiary/aromatic N) is 1. The summed E-state index contributed by atoms with van der Waals surface area (Å²) in [5.74, 6) is -0.531. The molecule has 1 aliphatic rings. The first-order chi connectivity index (χ1) is 15.6. The molecule has 1 aromatic carbocycles. The largest absolute Gasteiger partial charge is 0.454 e. The highest BCUT2D eigenvalue weighted by Gasteiger charge is 2.52. The number of aliphatic hydroxyl groups excluding tert-OH is 1. The minimum absolute atomic E-state index is 0.0768. The zero-order chi connectivity index (χ0) is 24.2. The van der Waals surface area contributed by atoms with E-state index in [1.54, 1.807) is 20.8 Å². The van der Waals surface area contributed by atoms with E-state index in [9.17, 15) is 19.5 Å². The highest BCUT2D eigenvalue weighted by molar-refractivity contribution is 5.75. The Bertz CT molecular complexity index is 1040. The zero-order valence-electron chi connectivity index (χ0n) is 19.1. The molecule has 1 saturated heterocycles. The number of benzene rings is 1. The van der Waals surface area contributed by atoms with Crippen LogP contribution in [0.5, 0.6) is 0 Å². The Morgan fingerprint density at radius 3 is 2.48 bits per heavy atom. The van der Waals surface area contributed by atoms with Crippen molar-refractivity contribution in [2.45, 2.75) is 58.0 Å². The molecular weight excluding hydrogens is 432 g/mol. The number of esters is 1. The lowest BCUT2D eigenvalue weighted by Crippen LogP contribution is -2.45. The van der Waals surface area contributed by atoms with Gasteiger partial charge in [-0.1, -0.05) is 30.3 Å². The van der Waals surface area contributed by atoms with E-state index in [4.69, 9.17) is 18.9 Å². The number of H-pyrrole nitrogens is 1.